The summed E-state index contributed by atoms with van der Waals surface area (Å²) in [5.41, 5.74) is 0.637. The second-order valence-electron chi connectivity index (χ2n) is 10.3. The maximum absolute atomic E-state index is 10.6. The SMILES string of the molecule is COC(C)(C)C(C)(C)c1ccc(N(O)Sc2ccc(Oc3ccc(OC(C)(C)CO)cc3)cc2)cc1. The Hall–Kier alpha value is -2.71. The molecule has 0 aliphatic rings. The van der Waals surface area contributed by atoms with E-state index >= 15 is 0 Å². The number of benzene rings is 3. The van der Waals surface area contributed by atoms with Crippen LogP contribution in [0.1, 0.15) is 47.1 Å². The molecule has 0 unspecified atom stereocenters. The van der Waals surface area contributed by atoms with Gasteiger partial charge in [-0.15, -0.1) is 0 Å². The predicted octanol–water partition coefficient (Wildman–Crippen LogP) is 7.23. The minimum absolute atomic E-state index is 0.0723. The van der Waals surface area contributed by atoms with E-state index in [4.69, 9.17) is 14.2 Å². The number of rotatable bonds is 11. The molecule has 0 heterocycles. The van der Waals surface area contributed by atoms with E-state index in [1.807, 2.05) is 86.6 Å². The minimum Gasteiger partial charge on any atom is -0.485 e. The van der Waals surface area contributed by atoms with E-state index in [2.05, 4.69) is 27.7 Å². The van der Waals surface area contributed by atoms with Crippen molar-refractivity contribution in [2.45, 2.75) is 63.1 Å². The number of methoxy groups -OCH3 is 1. The first-order valence-electron chi connectivity index (χ1n) is 11.9. The van der Waals surface area contributed by atoms with Crippen LogP contribution in [0.3, 0.4) is 0 Å². The zero-order valence-corrected chi connectivity index (χ0v) is 22.9. The van der Waals surface area contributed by atoms with Gasteiger partial charge in [-0.2, -0.15) is 4.47 Å². The Morgan fingerprint density at radius 3 is 1.75 bits per heavy atom. The first kappa shape index (κ1) is 27.9. The molecule has 3 rings (SSSR count). The highest BCUT2D eigenvalue weighted by Gasteiger charge is 2.38. The molecule has 2 N–H and O–H groups in total. The van der Waals surface area contributed by atoms with E-state index < -0.39 is 5.60 Å². The molecule has 0 bridgehead atoms. The molecule has 0 atom stereocenters. The molecule has 0 aliphatic heterocycles. The average Bonchev–Trinajstić information content (AvgIpc) is 2.86. The Kier molecular flexibility index (Phi) is 8.62. The van der Waals surface area contributed by atoms with Gasteiger partial charge in [-0.3, -0.25) is 5.21 Å². The molecule has 0 amide bonds. The van der Waals surface area contributed by atoms with E-state index in [1.54, 1.807) is 7.11 Å². The molecule has 194 valence electrons. The fourth-order valence-electron chi connectivity index (χ4n) is 3.39. The van der Waals surface area contributed by atoms with Crippen LogP contribution in [0.2, 0.25) is 0 Å². The molecule has 0 radical (unpaired) electrons. The van der Waals surface area contributed by atoms with Gasteiger partial charge in [0.15, 0.2) is 0 Å². The van der Waals surface area contributed by atoms with Gasteiger partial charge < -0.3 is 19.3 Å². The molecule has 0 saturated heterocycles. The number of hydrogen-bond acceptors (Lipinski definition) is 7. The molecule has 7 heteroatoms. The van der Waals surface area contributed by atoms with E-state index in [0.29, 0.717) is 22.9 Å². The highest BCUT2D eigenvalue weighted by Crippen LogP contribution is 2.38. The number of ether oxygens (including phenoxy) is 3. The Bertz CT molecular complexity index is 1110. The molecule has 0 aromatic heterocycles. The van der Waals surface area contributed by atoms with Gasteiger partial charge in [0.1, 0.15) is 22.8 Å². The number of nitrogens with zero attached hydrogens (tertiary/aromatic N) is 1. The summed E-state index contributed by atoms with van der Waals surface area (Å²) in [6, 6.07) is 22.6. The largest absolute Gasteiger partial charge is 0.485 e. The zero-order valence-electron chi connectivity index (χ0n) is 22.1. The van der Waals surface area contributed by atoms with Gasteiger partial charge >= 0.3 is 0 Å². The number of aliphatic hydroxyl groups excluding tert-OH is 1. The second kappa shape index (κ2) is 11.1. The van der Waals surface area contributed by atoms with E-state index in [9.17, 15) is 10.3 Å². The summed E-state index contributed by atoms with van der Waals surface area (Å²) >= 11 is 1.22. The predicted molar refractivity (Wildman–Crippen MR) is 145 cm³/mol. The van der Waals surface area contributed by atoms with Gasteiger partial charge in [0.25, 0.3) is 0 Å². The summed E-state index contributed by atoms with van der Waals surface area (Å²) in [4.78, 5) is 0.866. The highest BCUT2D eigenvalue weighted by molar-refractivity contribution is 8.00. The summed E-state index contributed by atoms with van der Waals surface area (Å²) < 4.78 is 18.5. The summed E-state index contributed by atoms with van der Waals surface area (Å²) in [6.45, 7) is 12.0. The van der Waals surface area contributed by atoms with Crippen LogP contribution >= 0.6 is 11.9 Å². The van der Waals surface area contributed by atoms with Crippen molar-refractivity contribution in [1.29, 1.82) is 0 Å². The molecule has 6 nitrogen and oxygen atoms in total. The third kappa shape index (κ3) is 6.73. The first-order valence-corrected chi connectivity index (χ1v) is 12.6. The third-order valence-corrected chi connectivity index (χ3v) is 7.54. The number of anilines is 1. The van der Waals surface area contributed by atoms with Crippen LogP contribution < -0.4 is 13.9 Å². The summed E-state index contributed by atoms with van der Waals surface area (Å²) in [5, 5.41) is 20.0. The summed E-state index contributed by atoms with van der Waals surface area (Å²) in [5.74, 6) is 2.02. The van der Waals surface area contributed by atoms with Gasteiger partial charge in [0, 0.05) is 29.4 Å². The topological polar surface area (TPSA) is 71.4 Å². The van der Waals surface area contributed by atoms with Crippen molar-refractivity contribution in [3.63, 3.8) is 0 Å². The van der Waals surface area contributed by atoms with E-state index in [-0.39, 0.29) is 17.6 Å². The molecule has 0 saturated carbocycles. The lowest BCUT2D eigenvalue weighted by Gasteiger charge is -2.41. The normalized spacial score (nSPS) is 12.4. The van der Waals surface area contributed by atoms with Crippen LogP contribution in [0.5, 0.6) is 17.2 Å². The Morgan fingerprint density at radius 2 is 1.25 bits per heavy atom. The molecular weight excluding hydrogens is 474 g/mol. The van der Waals surface area contributed by atoms with E-state index in [1.165, 1.54) is 11.9 Å². The van der Waals surface area contributed by atoms with Gasteiger partial charge in [-0.25, -0.2) is 0 Å². The Labute approximate surface area is 218 Å². The van der Waals surface area contributed by atoms with Crippen LogP contribution in [-0.2, 0) is 10.2 Å². The number of aliphatic hydroxyl groups is 1. The lowest BCUT2D eigenvalue weighted by molar-refractivity contribution is -0.0341. The van der Waals surface area contributed by atoms with Gasteiger partial charge in [0.2, 0.25) is 0 Å². The average molecular weight is 512 g/mol. The van der Waals surface area contributed by atoms with Gasteiger partial charge in [-0.05, 0) is 93.9 Å². The van der Waals surface area contributed by atoms with Crippen LogP contribution in [0.25, 0.3) is 0 Å². The smallest absolute Gasteiger partial charge is 0.127 e. The molecular formula is C29H37NO5S. The molecule has 36 heavy (non-hydrogen) atoms. The lowest BCUT2D eigenvalue weighted by atomic mass is 9.72. The van der Waals surface area contributed by atoms with Crippen LogP contribution in [0.15, 0.2) is 77.7 Å². The standard InChI is InChI=1S/C29H37NO5S/c1-27(2,20-31)35-25-14-12-23(13-15-25)34-24-16-18-26(19-17-24)36-30(32)22-10-8-21(9-11-22)28(3,4)29(5,6)33-7/h8-19,31-32H,20H2,1-7H3. The summed E-state index contributed by atoms with van der Waals surface area (Å²) in [7, 11) is 1.73. The summed E-state index contributed by atoms with van der Waals surface area (Å²) in [6.07, 6.45) is 0. The highest BCUT2D eigenvalue weighted by atomic mass is 32.2. The van der Waals surface area contributed by atoms with Gasteiger partial charge in [0.05, 0.1) is 17.9 Å². The zero-order chi connectivity index (χ0) is 26.6. The number of hydrogen-bond donors (Lipinski definition) is 2. The Morgan fingerprint density at radius 1 is 0.750 bits per heavy atom. The van der Waals surface area contributed by atoms with E-state index in [0.717, 1.165) is 14.9 Å². The maximum Gasteiger partial charge on any atom is 0.127 e. The van der Waals surface area contributed by atoms with Crippen molar-refractivity contribution in [3.05, 3.63) is 78.4 Å². The van der Waals surface area contributed by atoms with Crippen molar-refractivity contribution >= 4 is 17.6 Å². The van der Waals surface area contributed by atoms with Crippen molar-refractivity contribution in [2.75, 3.05) is 18.2 Å². The molecule has 3 aromatic carbocycles. The van der Waals surface area contributed by atoms with Crippen molar-refractivity contribution in [3.8, 4) is 17.2 Å². The van der Waals surface area contributed by atoms with Crippen LogP contribution in [0.4, 0.5) is 5.69 Å². The monoisotopic (exact) mass is 511 g/mol. The van der Waals surface area contributed by atoms with Crippen LogP contribution in [-0.4, -0.2) is 35.2 Å². The Balaban J connectivity index is 1.60. The molecule has 3 aromatic rings. The molecule has 0 aliphatic carbocycles. The molecule has 0 spiro atoms. The fourth-order valence-corrected chi connectivity index (χ4v) is 4.08. The third-order valence-electron chi connectivity index (χ3n) is 6.68. The van der Waals surface area contributed by atoms with Crippen molar-refractivity contribution < 1.29 is 24.5 Å². The minimum atomic E-state index is -0.643. The maximum atomic E-state index is 10.6. The lowest BCUT2D eigenvalue weighted by Crippen LogP contribution is -2.44. The van der Waals surface area contributed by atoms with Crippen molar-refractivity contribution in [1.82, 2.24) is 0 Å². The van der Waals surface area contributed by atoms with Gasteiger partial charge in [-0.1, -0.05) is 26.0 Å². The van der Waals surface area contributed by atoms with Crippen LogP contribution in [0, 0.1) is 0 Å². The second-order valence-corrected chi connectivity index (χ2v) is 11.3. The molecule has 0 fully saturated rings. The quantitative estimate of drug-likeness (QED) is 0.208. The fraction of sp³-hybridized carbons (Fsp3) is 0.379. The first-order chi connectivity index (χ1) is 16.9. The van der Waals surface area contributed by atoms with Crippen molar-refractivity contribution in [2.24, 2.45) is 0 Å².